The number of rotatable bonds is 14. The first-order valence-electron chi connectivity index (χ1n) is 16.1. The van der Waals surface area contributed by atoms with Gasteiger partial charge in [0.15, 0.2) is 5.58 Å². The minimum Gasteiger partial charge on any atom is -0.434 e. The molecule has 2 aromatic carbocycles. The summed E-state index contributed by atoms with van der Waals surface area (Å²) in [6.45, 7) is 3.35. The highest BCUT2D eigenvalue weighted by Gasteiger charge is 2.43. The number of para-hydroxylation sites is 2. The van der Waals surface area contributed by atoms with E-state index in [2.05, 4.69) is 20.3 Å². The van der Waals surface area contributed by atoms with Crippen LogP contribution in [0, 0.1) is 11.7 Å². The minimum atomic E-state index is -3.77. The second-order valence-corrected chi connectivity index (χ2v) is 14.1. The molecule has 2 aliphatic rings. The number of likely N-dealkylation sites (tertiary alicyclic amines) is 1. The number of fused-ring (bicyclic) bond motifs is 1. The van der Waals surface area contributed by atoms with Crippen LogP contribution in [0.3, 0.4) is 0 Å². The minimum absolute atomic E-state index is 0.0173. The Morgan fingerprint density at radius 3 is 2.53 bits per heavy atom. The monoisotopic (exact) mass is 671 g/mol. The van der Waals surface area contributed by atoms with Crippen molar-refractivity contribution in [2.45, 2.75) is 76.3 Å². The third kappa shape index (κ3) is 9.01. The number of benzene rings is 2. The van der Waals surface area contributed by atoms with Gasteiger partial charge in [0.2, 0.25) is 27.6 Å². The van der Waals surface area contributed by atoms with Gasteiger partial charge in [-0.1, -0.05) is 37.3 Å². The van der Waals surface area contributed by atoms with Crippen LogP contribution in [0.4, 0.5) is 4.39 Å². The molecule has 0 spiro atoms. The first-order valence-corrected chi connectivity index (χ1v) is 17.9. The SMILES string of the molecule is CC[C@H](NC(=O)[C@@H]1C[C@@H](OCc2ccccc2F)CN1C(=O)[C@@H](CCC1CCNCC1)NS(C)(=O)=O)C(=O)c1nc2ccccc2o1. The number of carbonyl (C=O) groups excluding carboxylic acids is 3. The number of halogens is 1. The molecule has 3 aromatic rings. The summed E-state index contributed by atoms with van der Waals surface area (Å²) in [6.07, 6.45) is 3.39. The normalized spacial score (nSPS) is 20.3. The molecule has 2 amide bonds. The Morgan fingerprint density at radius 1 is 1.11 bits per heavy atom. The van der Waals surface area contributed by atoms with Crippen LogP contribution in [0.1, 0.15) is 61.7 Å². The third-order valence-corrected chi connectivity index (χ3v) is 9.52. The van der Waals surface area contributed by atoms with Crippen molar-refractivity contribution in [3.8, 4) is 0 Å². The predicted octanol–water partition coefficient (Wildman–Crippen LogP) is 2.93. The summed E-state index contributed by atoms with van der Waals surface area (Å²) in [5, 5.41) is 6.07. The summed E-state index contributed by atoms with van der Waals surface area (Å²) in [4.78, 5) is 46.9. The lowest BCUT2D eigenvalue weighted by atomic mass is 9.91. The van der Waals surface area contributed by atoms with Crippen molar-refractivity contribution in [3.63, 3.8) is 0 Å². The van der Waals surface area contributed by atoms with Crippen molar-refractivity contribution in [1.82, 2.24) is 25.2 Å². The number of ketones is 1. The molecule has 14 heteroatoms. The first-order chi connectivity index (χ1) is 22.5. The predicted molar refractivity (Wildman–Crippen MR) is 172 cm³/mol. The van der Waals surface area contributed by atoms with E-state index < -0.39 is 57.7 Å². The molecule has 0 saturated carbocycles. The molecular weight excluding hydrogens is 629 g/mol. The van der Waals surface area contributed by atoms with Crippen molar-refractivity contribution in [3.05, 3.63) is 65.8 Å². The number of nitrogens with one attached hydrogen (secondary N) is 3. The van der Waals surface area contributed by atoms with Gasteiger partial charge in [0.25, 0.3) is 5.89 Å². The van der Waals surface area contributed by atoms with Crippen molar-refractivity contribution in [2.24, 2.45) is 5.92 Å². The van der Waals surface area contributed by atoms with Gasteiger partial charge < -0.3 is 24.7 Å². The van der Waals surface area contributed by atoms with E-state index in [1.165, 1.54) is 11.0 Å². The summed E-state index contributed by atoms with van der Waals surface area (Å²) < 4.78 is 53.2. The molecule has 0 radical (unpaired) electrons. The van der Waals surface area contributed by atoms with Crippen LogP contribution in [0.2, 0.25) is 0 Å². The molecule has 47 heavy (non-hydrogen) atoms. The summed E-state index contributed by atoms with van der Waals surface area (Å²) in [5.74, 6) is -1.90. The quantitative estimate of drug-likeness (QED) is 0.219. The number of sulfonamides is 1. The summed E-state index contributed by atoms with van der Waals surface area (Å²) >= 11 is 0. The van der Waals surface area contributed by atoms with E-state index in [1.54, 1.807) is 49.4 Å². The van der Waals surface area contributed by atoms with Crippen LogP contribution in [-0.4, -0.2) is 86.0 Å². The number of piperidine rings is 1. The molecule has 5 rings (SSSR count). The van der Waals surface area contributed by atoms with E-state index in [9.17, 15) is 27.2 Å². The Labute approximate surface area is 273 Å². The Morgan fingerprint density at radius 2 is 1.83 bits per heavy atom. The van der Waals surface area contributed by atoms with Crippen LogP contribution in [0.15, 0.2) is 52.9 Å². The number of amides is 2. The maximum Gasteiger partial charge on any atom is 0.266 e. The molecule has 2 aliphatic heterocycles. The van der Waals surface area contributed by atoms with Crippen LogP contribution in [0.5, 0.6) is 0 Å². The topological polar surface area (TPSA) is 160 Å². The Kier molecular flexibility index (Phi) is 11.4. The number of hydrogen-bond donors (Lipinski definition) is 3. The number of ether oxygens (including phenoxy) is 1. The fourth-order valence-corrected chi connectivity index (χ4v) is 6.98. The molecule has 0 unspecified atom stereocenters. The van der Waals surface area contributed by atoms with Crippen molar-refractivity contribution < 1.29 is 36.3 Å². The second-order valence-electron chi connectivity index (χ2n) is 12.3. The highest BCUT2D eigenvalue weighted by atomic mass is 32.2. The molecule has 3 N–H and O–H groups in total. The fourth-order valence-electron chi connectivity index (χ4n) is 6.25. The van der Waals surface area contributed by atoms with Gasteiger partial charge in [0.1, 0.15) is 23.4 Å². The Hall–Kier alpha value is -3.72. The molecule has 254 valence electrons. The molecule has 3 heterocycles. The summed E-state index contributed by atoms with van der Waals surface area (Å²) in [6, 6.07) is 9.95. The van der Waals surface area contributed by atoms with Crippen LogP contribution in [-0.2, 0) is 31.0 Å². The van der Waals surface area contributed by atoms with Gasteiger partial charge in [-0.25, -0.2) is 22.5 Å². The largest absolute Gasteiger partial charge is 0.434 e. The highest BCUT2D eigenvalue weighted by molar-refractivity contribution is 7.88. The maximum absolute atomic E-state index is 14.3. The number of nitrogens with zero attached hydrogens (tertiary/aromatic N) is 2. The lowest BCUT2D eigenvalue weighted by molar-refractivity contribution is -0.140. The first kappa shape index (κ1) is 34.6. The molecule has 2 fully saturated rings. The maximum atomic E-state index is 14.3. The Balaban J connectivity index is 1.35. The summed E-state index contributed by atoms with van der Waals surface area (Å²) in [7, 11) is -3.77. The van der Waals surface area contributed by atoms with Crippen molar-refractivity contribution in [2.75, 3.05) is 25.9 Å². The number of carbonyl (C=O) groups is 3. The molecule has 4 atom stereocenters. The van der Waals surface area contributed by atoms with Crippen LogP contribution in [0.25, 0.3) is 11.1 Å². The van der Waals surface area contributed by atoms with Gasteiger partial charge in [-0.05, 0) is 69.3 Å². The molecule has 0 aliphatic carbocycles. The van der Waals surface area contributed by atoms with Crippen LogP contribution < -0.4 is 15.4 Å². The van der Waals surface area contributed by atoms with E-state index in [0.717, 1.165) is 32.2 Å². The van der Waals surface area contributed by atoms with Gasteiger partial charge >= 0.3 is 0 Å². The van der Waals surface area contributed by atoms with E-state index in [4.69, 9.17) is 9.15 Å². The lowest BCUT2D eigenvalue weighted by Crippen LogP contribution is -2.55. The number of oxazole rings is 1. The standard InChI is InChI=1S/C33H42FN5O7S/c1-3-25(30(40)32-37-26-10-6-7-11-29(26)46-32)36-31(41)28-18-23(45-20-22-8-4-5-9-24(22)34)19-39(28)33(42)27(38-47(2,43)44)13-12-21-14-16-35-17-15-21/h4-11,21,23,25,27-28,35,38H,3,12-20H2,1-2H3,(H,36,41)/t23-,25+,27-,28+/m1/s1. The van der Waals surface area contributed by atoms with E-state index in [-0.39, 0.29) is 38.3 Å². The number of Topliss-reactive ketones (excluding diaryl/α,β-unsaturated/α-hetero) is 1. The summed E-state index contributed by atoms with van der Waals surface area (Å²) in [5.41, 5.74) is 1.27. The lowest BCUT2D eigenvalue weighted by Gasteiger charge is -2.30. The van der Waals surface area contributed by atoms with Gasteiger partial charge in [-0.3, -0.25) is 14.4 Å². The zero-order valence-corrected chi connectivity index (χ0v) is 27.4. The molecule has 1 aromatic heterocycles. The molecule has 0 bridgehead atoms. The fraction of sp³-hybridized carbons (Fsp3) is 0.515. The average Bonchev–Trinajstić information content (AvgIpc) is 3.69. The van der Waals surface area contributed by atoms with Crippen molar-refractivity contribution >= 4 is 38.7 Å². The van der Waals surface area contributed by atoms with Crippen molar-refractivity contribution in [1.29, 1.82) is 0 Å². The third-order valence-electron chi connectivity index (χ3n) is 8.80. The zero-order chi connectivity index (χ0) is 33.6. The molecule has 12 nitrogen and oxygen atoms in total. The van der Waals surface area contributed by atoms with E-state index >= 15 is 0 Å². The smallest absolute Gasteiger partial charge is 0.266 e. The zero-order valence-electron chi connectivity index (χ0n) is 26.6. The van der Waals surface area contributed by atoms with Crippen LogP contribution >= 0.6 is 0 Å². The van der Waals surface area contributed by atoms with Gasteiger partial charge in [0, 0.05) is 18.5 Å². The molecular formula is C33H42FN5O7S. The van der Waals surface area contributed by atoms with Gasteiger partial charge in [-0.2, -0.15) is 0 Å². The highest BCUT2D eigenvalue weighted by Crippen LogP contribution is 2.26. The number of aromatic nitrogens is 1. The van der Waals surface area contributed by atoms with Gasteiger partial charge in [-0.15, -0.1) is 0 Å². The molecule has 2 saturated heterocycles. The number of hydrogen-bond acceptors (Lipinski definition) is 9. The van der Waals surface area contributed by atoms with E-state index in [1.807, 2.05) is 0 Å². The Bertz CT molecular complexity index is 1640. The van der Waals surface area contributed by atoms with Gasteiger partial charge in [0.05, 0.1) is 25.0 Å². The van der Waals surface area contributed by atoms with E-state index in [0.29, 0.717) is 29.0 Å². The second kappa shape index (κ2) is 15.5. The average molecular weight is 672 g/mol.